The zero-order valence-corrected chi connectivity index (χ0v) is 12.5. The van der Waals surface area contributed by atoms with Gasteiger partial charge in [-0.25, -0.2) is 9.78 Å². The first-order valence-electron chi connectivity index (χ1n) is 7.01. The molecule has 2 heterocycles. The van der Waals surface area contributed by atoms with Gasteiger partial charge in [0, 0.05) is 12.0 Å². The second-order valence-corrected chi connectivity index (χ2v) is 5.14. The summed E-state index contributed by atoms with van der Waals surface area (Å²) in [6, 6.07) is 7.85. The molecule has 0 saturated carbocycles. The van der Waals surface area contributed by atoms with Crippen molar-refractivity contribution in [3.05, 3.63) is 53.2 Å². The molecule has 3 rings (SSSR count). The molecule has 22 heavy (non-hydrogen) atoms. The normalized spacial score (nSPS) is 16.6. The Kier molecular flexibility index (Phi) is 3.96. The predicted octanol–water partition coefficient (Wildman–Crippen LogP) is 2.27. The zero-order chi connectivity index (χ0) is 15.6. The van der Waals surface area contributed by atoms with Gasteiger partial charge in [-0.05, 0) is 18.6 Å². The molecular weight excluding hydrogens is 286 g/mol. The van der Waals surface area contributed by atoms with E-state index in [0.717, 1.165) is 11.1 Å². The zero-order valence-electron chi connectivity index (χ0n) is 12.5. The van der Waals surface area contributed by atoms with Crippen LogP contribution in [-0.4, -0.2) is 31.3 Å². The van der Waals surface area contributed by atoms with Crippen LogP contribution < -0.4 is 0 Å². The van der Waals surface area contributed by atoms with Gasteiger partial charge < -0.3 is 18.6 Å². The van der Waals surface area contributed by atoms with Gasteiger partial charge in [0.05, 0.1) is 20.3 Å². The summed E-state index contributed by atoms with van der Waals surface area (Å²) in [6.45, 7) is 3.07. The first-order valence-corrected chi connectivity index (χ1v) is 7.01. The maximum absolute atomic E-state index is 11.4. The fourth-order valence-electron chi connectivity index (χ4n) is 2.41. The van der Waals surface area contributed by atoms with E-state index in [2.05, 4.69) is 9.72 Å². The quantitative estimate of drug-likeness (QED) is 0.807. The highest BCUT2D eigenvalue weighted by Crippen LogP contribution is 2.31. The fraction of sp³-hybridized carbons (Fsp3) is 0.375. The predicted molar refractivity (Wildman–Crippen MR) is 76.3 cm³/mol. The van der Waals surface area contributed by atoms with Crippen LogP contribution in [0.2, 0.25) is 0 Å². The molecule has 0 unspecified atom stereocenters. The van der Waals surface area contributed by atoms with Crippen molar-refractivity contribution in [3.63, 3.8) is 0 Å². The van der Waals surface area contributed by atoms with Gasteiger partial charge in [-0.3, -0.25) is 0 Å². The third-order valence-electron chi connectivity index (χ3n) is 3.59. The topological polar surface area (TPSA) is 70.8 Å². The number of benzene rings is 1. The molecule has 0 spiro atoms. The van der Waals surface area contributed by atoms with E-state index in [4.69, 9.17) is 13.9 Å². The van der Waals surface area contributed by atoms with Crippen LogP contribution in [0.3, 0.4) is 0 Å². The second kappa shape index (κ2) is 5.90. The number of methoxy groups -OCH3 is 1. The molecule has 0 bridgehead atoms. The molecule has 1 aliphatic rings. The number of oxazole rings is 1. The third-order valence-corrected chi connectivity index (χ3v) is 3.59. The number of hydrogen-bond acceptors (Lipinski definition) is 6. The van der Waals surface area contributed by atoms with Gasteiger partial charge in [-0.15, -0.1) is 0 Å². The fourth-order valence-corrected chi connectivity index (χ4v) is 2.41. The van der Waals surface area contributed by atoms with Gasteiger partial charge in [0.25, 0.3) is 0 Å². The first kappa shape index (κ1) is 14.7. The molecule has 1 aromatic carbocycles. The van der Waals surface area contributed by atoms with Gasteiger partial charge in [-0.2, -0.15) is 0 Å². The lowest BCUT2D eigenvalue weighted by Crippen LogP contribution is -2.22. The summed E-state index contributed by atoms with van der Waals surface area (Å²) in [6.07, 6.45) is 1.77. The number of esters is 1. The van der Waals surface area contributed by atoms with Crippen LogP contribution in [0.1, 0.15) is 34.4 Å². The average Bonchev–Trinajstić information content (AvgIpc) is 3.17. The molecule has 1 fully saturated rings. The van der Waals surface area contributed by atoms with Gasteiger partial charge in [-0.1, -0.05) is 18.2 Å². The highest BCUT2D eigenvalue weighted by atomic mass is 16.7. The molecule has 0 amide bonds. The summed E-state index contributed by atoms with van der Waals surface area (Å²) in [5.41, 5.74) is 2.11. The van der Waals surface area contributed by atoms with Crippen molar-refractivity contribution in [1.82, 2.24) is 4.98 Å². The number of rotatable bonds is 4. The molecule has 0 aliphatic carbocycles. The summed E-state index contributed by atoms with van der Waals surface area (Å²) in [7, 11) is 1.31. The Morgan fingerprint density at radius 3 is 2.86 bits per heavy atom. The Morgan fingerprint density at radius 2 is 2.14 bits per heavy atom. The third kappa shape index (κ3) is 2.88. The van der Waals surface area contributed by atoms with Crippen molar-refractivity contribution in [2.45, 2.75) is 19.1 Å². The Balaban J connectivity index is 1.78. The lowest BCUT2D eigenvalue weighted by Gasteiger charge is -2.23. The maximum Gasteiger partial charge on any atom is 0.360 e. The van der Waals surface area contributed by atoms with E-state index in [9.17, 15) is 4.79 Å². The molecule has 6 heteroatoms. The van der Waals surface area contributed by atoms with E-state index < -0.39 is 11.8 Å². The van der Waals surface area contributed by atoms with E-state index in [-0.39, 0.29) is 5.69 Å². The van der Waals surface area contributed by atoms with E-state index >= 15 is 0 Å². The monoisotopic (exact) mass is 303 g/mol. The number of ether oxygens (including phenoxy) is 3. The van der Waals surface area contributed by atoms with Gasteiger partial charge in [0.15, 0.2) is 17.4 Å². The molecule has 1 aromatic heterocycles. The molecule has 6 nitrogen and oxygen atoms in total. The van der Waals surface area contributed by atoms with Gasteiger partial charge >= 0.3 is 5.97 Å². The lowest BCUT2D eigenvalue weighted by atomic mass is 10.0. The molecule has 116 valence electrons. The summed E-state index contributed by atoms with van der Waals surface area (Å²) >= 11 is 0. The highest BCUT2D eigenvalue weighted by Gasteiger charge is 2.33. The smallest absolute Gasteiger partial charge is 0.360 e. The van der Waals surface area contributed by atoms with Crippen molar-refractivity contribution >= 4 is 5.97 Å². The van der Waals surface area contributed by atoms with E-state index in [0.29, 0.717) is 25.5 Å². The minimum atomic E-state index is -0.705. The van der Waals surface area contributed by atoms with Crippen LogP contribution in [0.4, 0.5) is 0 Å². The van der Waals surface area contributed by atoms with Crippen LogP contribution in [0.25, 0.3) is 0 Å². The summed E-state index contributed by atoms with van der Waals surface area (Å²) in [5.74, 6) is -0.760. The molecule has 1 saturated heterocycles. The number of aromatic nitrogens is 1. The average molecular weight is 303 g/mol. The molecule has 0 N–H and O–H groups in total. The maximum atomic E-state index is 11.4. The Labute approximate surface area is 128 Å². The number of hydrogen-bond donors (Lipinski definition) is 0. The lowest BCUT2D eigenvalue weighted by molar-refractivity contribution is -0.149. The second-order valence-electron chi connectivity index (χ2n) is 5.14. The van der Waals surface area contributed by atoms with Gasteiger partial charge in [0.1, 0.15) is 6.26 Å². The van der Waals surface area contributed by atoms with Crippen molar-refractivity contribution in [2.24, 2.45) is 0 Å². The highest BCUT2D eigenvalue weighted by molar-refractivity contribution is 5.86. The minimum Gasteiger partial charge on any atom is -0.464 e. The molecule has 1 aliphatic heterocycles. The molecule has 0 radical (unpaired) electrons. The summed E-state index contributed by atoms with van der Waals surface area (Å²) < 4.78 is 21.2. The summed E-state index contributed by atoms with van der Waals surface area (Å²) in [5, 5.41) is 0. The van der Waals surface area contributed by atoms with Crippen molar-refractivity contribution < 1.29 is 23.4 Å². The number of carbonyl (C=O) groups is 1. The van der Waals surface area contributed by atoms with Crippen LogP contribution in [0.15, 0.2) is 34.9 Å². The Morgan fingerprint density at radius 1 is 1.36 bits per heavy atom. The van der Waals surface area contributed by atoms with Crippen molar-refractivity contribution in [2.75, 3.05) is 20.3 Å². The molecule has 2 aromatic rings. The van der Waals surface area contributed by atoms with Crippen molar-refractivity contribution in [3.8, 4) is 0 Å². The van der Waals surface area contributed by atoms with E-state index in [1.165, 1.54) is 13.4 Å². The largest absolute Gasteiger partial charge is 0.464 e. The standard InChI is InChI=1S/C16H17NO5/c1-16(21-6-7-22-16)12-5-3-4-11(8-12)9-14-17-13(10-20-14)15(18)19-2/h3-5,8,10H,6-7,9H2,1-2H3. The van der Waals surface area contributed by atoms with Gasteiger partial charge in [0.2, 0.25) is 0 Å². The van der Waals surface area contributed by atoms with Crippen LogP contribution >= 0.6 is 0 Å². The number of carbonyl (C=O) groups excluding carboxylic acids is 1. The van der Waals surface area contributed by atoms with Crippen LogP contribution in [0.5, 0.6) is 0 Å². The van der Waals surface area contributed by atoms with Crippen LogP contribution in [-0.2, 0) is 26.4 Å². The molecule has 0 atom stereocenters. The SMILES string of the molecule is COC(=O)c1coc(Cc2cccc(C3(C)OCCO3)c2)n1. The number of nitrogens with zero attached hydrogens (tertiary/aromatic N) is 1. The van der Waals surface area contributed by atoms with E-state index in [1.807, 2.05) is 31.2 Å². The Bertz CT molecular complexity index is 673. The van der Waals surface area contributed by atoms with E-state index in [1.54, 1.807) is 0 Å². The van der Waals surface area contributed by atoms with Crippen LogP contribution in [0, 0.1) is 0 Å². The summed E-state index contributed by atoms with van der Waals surface area (Å²) in [4.78, 5) is 15.5. The molecular formula is C16H17NO5. The Hall–Kier alpha value is -2.18. The first-order chi connectivity index (χ1) is 10.6. The van der Waals surface area contributed by atoms with Crippen molar-refractivity contribution in [1.29, 1.82) is 0 Å². The minimum absolute atomic E-state index is 0.170.